The summed E-state index contributed by atoms with van der Waals surface area (Å²) in [6.07, 6.45) is 3.23. The molecule has 2 aliphatic heterocycles. The lowest BCUT2D eigenvalue weighted by molar-refractivity contribution is -0.140. The van der Waals surface area contributed by atoms with Gasteiger partial charge < -0.3 is 4.90 Å². The Bertz CT molecular complexity index is 934. The first kappa shape index (κ1) is 19.2. The van der Waals surface area contributed by atoms with Gasteiger partial charge in [0.2, 0.25) is 5.91 Å². The maximum Gasteiger partial charge on any atom is 0.240 e. The van der Waals surface area contributed by atoms with Crippen molar-refractivity contribution in [1.82, 2.24) is 20.4 Å². The summed E-state index contributed by atoms with van der Waals surface area (Å²) in [5, 5.41) is 10.5. The lowest BCUT2D eigenvalue weighted by Gasteiger charge is -2.35. The Labute approximate surface area is 166 Å². The van der Waals surface area contributed by atoms with Crippen LogP contribution in [-0.2, 0) is 4.79 Å². The van der Waals surface area contributed by atoms with Crippen LogP contribution in [0.5, 0.6) is 0 Å². The number of amides is 1. The van der Waals surface area contributed by atoms with E-state index in [9.17, 15) is 13.6 Å². The van der Waals surface area contributed by atoms with Crippen molar-refractivity contribution in [2.24, 2.45) is 5.92 Å². The fourth-order valence-electron chi connectivity index (χ4n) is 4.01. The highest BCUT2D eigenvalue weighted by molar-refractivity contribution is 5.79. The first-order valence-corrected chi connectivity index (χ1v) is 9.55. The van der Waals surface area contributed by atoms with E-state index in [1.165, 1.54) is 23.5 Å². The molecule has 0 radical (unpaired) electrons. The molecule has 7 nitrogen and oxygen atoms in total. The lowest BCUT2D eigenvalue weighted by atomic mass is 9.94. The fourth-order valence-corrected chi connectivity index (χ4v) is 4.01. The Hall–Kier alpha value is -3.12. The van der Waals surface area contributed by atoms with Crippen LogP contribution < -0.4 is 10.3 Å². The standard InChI is InChI=1S/C20H20F2N6O/c21-15-7-14(8-16(22)9-15)18-1-4-26-28(18)20(29)13-2-5-27(6-3-13)19-10-17(11-23)24-12-25-19/h7-10,12-13,18,26H,1-6H2/t18-/m0/s1. The van der Waals surface area contributed by atoms with Gasteiger partial charge in [0.05, 0.1) is 6.04 Å². The van der Waals surface area contributed by atoms with Gasteiger partial charge in [-0.25, -0.2) is 24.2 Å². The molecule has 1 aromatic heterocycles. The number of hydrogen-bond acceptors (Lipinski definition) is 6. The molecule has 4 rings (SSSR count). The third-order valence-corrected chi connectivity index (χ3v) is 5.45. The van der Waals surface area contributed by atoms with Crippen molar-refractivity contribution in [3.05, 3.63) is 53.5 Å². The van der Waals surface area contributed by atoms with Crippen LogP contribution in [0.4, 0.5) is 14.6 Å². The molecule has 29 heavy (non-hydrogen) atoms. The van der Waals surface area contributed by atoms with Gasteiger partial charge in [-0.05, 0) is 37.0 Å². The van der Waals surface area contributed by atoms with Gasteiger partial charge in [-0.3, -0.25) is 9.80 Å². The molecule has 3 heterocycles. The normalized spacial score (nSPS) is 20.0. The zero-order chi connectivity index (χ0) is 20.4. The van der Waals surface area contributed by atoms with Crippen molar-refractivity contribution in [1.29, 1.82) is 5.26 Å². The smallest absolute Gasteiger partial charge is 0.240 e. The first-order valence-electron chi connectivity index (χ1n) is 9.55. The Balaban J connectivity index is 1.43. The maximum atomic E-state index is 13.6. The molecule has 2 fully saturated rings. The lowest BCUT2D eigenvalue weighted by Crippen LogP contribution is -2.46. The van der Waals surface area contributed by atoms with Crippen molar-refractivity contribution in [2.75, 3.05) is 24.5 Å². The molecule has 1 N–H and O–H groups in total. The van der Waals surface area contributed by atoms with Gasteiger partial charge in [0, 0.05) is 37.7 Å². The third-order valence-electron chi connectivity index (χ3n) is 5.45. The Morgan fingerprint density at radius 1 is 1.10 bits per heavy atom. The van der Waals surface area contributed by atoms with Crippen LogP contribution in [0.25, 0.3) is 0 Å². The summed E-state index contributed by atoms with van der Waals surface area (Å²) in [7, 11) is 0. The van der Waals surface area contributed by atoms with Crippen molar-refractivity contribution in [3.63, 3.8) is 0 Å². The van der Waals surface area contributed by atoms with Crippen LogP contribution in [0.3, 0.4) is 0 Å². The van der Waals surface area contributed by atoms with Crippen LogP contribution in [0.15, 0.2) is 30.6 Å². The number of anilines is 1. The summed E-state index contributed by atoms with van der Waals surface area (Å²) in [5.74, 6) is -0.856. The third kappa shape index (κ3) is 4.03. The van der Waals surface area contributed by atoms with E-state index in [1.54, 1.807) is 6.07 Å². The molecule has 1 amide bonds. The predicted molar refractivity (Wildman–Crippen MR) is 100 cm³/mol. The molecule has 1 aromatic carbocycles. The van der Waals surface area contributed by atoms with E-state index in [0.29, 0.717) is 56.0 Å². The van der Waals surface area contributed by atoms with Crippen LogP contribution in [0, 0.1) is 28.9 Å². The topological polar surface area (TPSA) is 85.2 Å². The number of nitrogens with one attached hydrogen (secondary N) is 1. The summed E-state index contributed by atoms with van der Waals surface area (Å²) < 4.78 is 27.2. The molecule has 0 saturated carbocycles. The number of nitriles is 1. The van der Waals surface area contributed by atoms with Gasteiger partial charge in [0.25, 0.3) is 0 Å². The number of benzene rings is 1. The first-order chi connectivity index (χ1) is 14.0. The number of halogens is 2. The molecule has 2 aromatic rings. The predicted octanol–water partition coefficient (Wildman–Crippen LogP) is 2.32. The number of piperidine rings is 1. The molecule has 9 heteroatoms. The fraction of sp³-hybridized carbons (Fsp3) is 0.400. The van der Waals surface area contributed by atoms with Gasteiger partial charge in [0.15, 0.2) is 0 Å². The number of rotatable bonds is 3. The molecular formula is C20H20F2N6O. The van der Waals surface area contributed by atoms with Gasteiger partial charge >= 0.3 is 0 Å². The van der Waals surface area contributed by atoms with Gasteiger partial charge in [-0.2, -0.15) is 5.26 Å². The molecule has 1 atom stereocenters. The molecule has 2 saturated heterocycles. The molecular weight excluding hydrogens is 378 g/mol. The van der Waals surface area contributed by atoms with E-state index < -0.39 is 11.6 Å². The SMILES string of the molecule is N#Cc1cc(N2CCC(C(=O)N3NCC[C@H]3c3cc(F)cc(F)c3)CC2)ncn1. The van der Waals surface area contributed by atoms with E-state index >= 15 is 0 Å². The highest BCUT2D eigenvalue weighted by Gasteiger charge is 2.36. The number of nitrogens with zero attached hydrogens (tertiary/aromatic N) is 5. The van der Waals surface area contributed by atoms with Crippen LogP contribution in [0.1, 0.15) is 36.6 Å². The number of carbonyl (C=O) groups excluding carboxylic acids is 1. The maximum absolute atomic E-state index is 13.6. The molecule has 0 unspecified atom stereocenters. The highest BCUT2D eigenvalue weighted by atomic mass is 19.1. The second-order valence-corrected chi connectivity index (χ2v) is 7.26. The average Bonchev–Trinajstić information content (AvgIpc) is 3.23. The minimum absolute atomic E-state index is 0.0581. The zero-order valence-electron chi connectivity index (χ0n) is 15.7. The van der Waals surface area contributed by atoms with Crippen LogP contribution in [0.2, 0.25) is 0 Å². The summed E-state index contributed by atoms with van der Waals surface area (Å²) in [5.41, 5.74) is 3.83. The molecule has 0 aliphatic carbocycles. The Morgan fingerprint density at radius 2 is 1.83 bits per heavy atom. The molecule has 0 bridgehead atoms. The average molecular weight is 398 g/mol. The largest absolute Gasteiger partial charge is 0.356 e. The number of hydrazine groups is 1. The van der Waals surface area contributed by atoms with Crippen molar-refractivity contribution in [3.8, 4) is 6.07 Å². The minimum atomic E-state index is -0.644. The minimum Gasteiger partial charge on any atom is -0.356 e. The summed E-state index contributed by atoms with van der Waals surface area (Å²) in [6, 6.07) is 6.65. The molecule has 2 aliphatic rings. The van der Waals surface area contributed by atoms with E-state index in [-0.39, 0.29) is 17.9 Å². The van der Waals surface area contributed by atoms with Crippen molar-refractivity contribution < 1.29 is 13.6 Å². The van der Waals surface area contributed by atoms with Gasteiger partial charge in [-0.1, -0.05) is 0 Å². The number of hydrogen-bond donors (Lipinski definition) is 1. The Kier molecular flexibility index (Phi) is 5.36. The van der Waals surface area contributed by atoms with E-state index in [2.05, 4.69) is 15.4 Å². The van der Waals surface area contributed by atoms with E-state index in [0.717, 1.165) is 6.07 Å². The summed E-state index contributed by atoms with van der Waals surface area (Å²) in [6.45, 7) is 1.84. The van der Waals surface area contributed by atoms with E-state index in [4.69, 9.17) is 5.26 Å². The zero-order valence-corrected chi connectivity index (χ0v) is 15.7. The van der Waals surface area contributed by atoms with Crippen molar-refractivity contribution in [2.45, 2.75) is 25.3 Å². The van der Waals surface area contributed by atoms with Crippen LogP contribution in [-0.4, -0.2) is 40.5 Å². The summed E-state index contributed by atoms with van der Waals surface area (Å²) >= 11 is 0. The van der Waals surface area contributed by atoms with Gasteiger partial charge in [-0.15, -0.1) is 0 Å². The summed E-state index contributed by atoms with van der Waals surface area (Å²) in [4.78, 5) is 23.2. The second-order valence-electron chi connectivity index (χ2n) is 7.26. The van der Waals surface area contributed by atoms with Crippen molar-refractivity contribution >= 4 is 11.7 Å². The quantitative estimate of drug-likeness (QED) is 0.854. The van der Waals surface area contributed by atoms with E-state index in [1.807, 2.05) is 11.0 Å². The van der Waals surface area contributed by atoms with Crippen LogP contribution >= 0.6 is 0 Å². The van der Waals surface area contributed by atoms with Gasteiger partial charge in [0.1, 0.15) is 35.5 Å². The molecule has 150 valence electrons. The second kappa shape index (κ2) is 8.09. The number of carbonyl (C=O) groups is 1. The highest BCUT2D eigenvalue weighted by Crippen LogP contribution is 2.32. The Morgan fingerprint density at radius 3 is 2.52 bits per heavy atom. The monoisotopic (exact) mass is 398 g/mol. The number of aromatic nitrogens is 2. The molecule has 0 spiro atoms.